The van der Waals surface area contributed by atoms with Crippen LogP contribution < -0.4 is 0 Å². The third-order valence-corrected chi connectivity index (χ3v) is 5.23. The molecule has 0 radical (unpaired) electrons. The molecule has 1 aliphatic heterocycles. The third kappa shape index (κ3) is 3.13. The second-order valence-corrected chi connectivity index (χ2v) is 7.06. The second kappa shape index (κ2) is 6.69. The van der Waals surface area contributed by atoms with E-state index in [9.17, 15) is 4.39 Å². The van der Waals surface area contributed by atoms with Crippen molar-refractivity contribution < 1.29 is 4.39 Å². The summed E-state index contributed by atoms with van der Waals surface area (Å²) in [6.07, 6.45) is 2.43. The Bertz CT molecular complexity index is 792. The first-order chi connectivity index (χ1) is 11.4. The molecule has 2 heterocycles. The molecule has 0 bridgehead atoms. The number of fused-ring (bicyclic) bond motifs is 1. The van der Waals surface area contributed by atoms with E-state index in [4.69, 9.17) is 11.6 Å². The number of imidazole rings is 1. The van der Waals surface area contributed by atoms with Crippen LogP contribution in [0.4, 0.5) is 4.39 Å². The minimum Gasteiger partial charge on any atom is -0.329 e. The van der Waals surface area contributed by atoms with Gasteiger partial charge in [-0.2, -0.15) is 0 Å². The molecule has 0 fully saturated rings. The van der Waals surface area contributed by atoms with E-state index in [1.807, 2.05) is 36.7 Å². The lowest BCUT2D eigenvalue weighted by molar-refractivity contribution is 0.199. The van der Waals surface area contributed by atoms with Gasteiger partial charge in [-0.1, -0.05) is 23.7 Å². The highest BCUT2D eigenvalue weighted by Crippen LogP contribution is 2.28. The van der Waals surface area contributed by atoms with E-state index in [1.54, 1.807) is 0 Å². The van der Waals surface area contributed by atoms with Crippen LogP contribution in [0.25, 0.3) is 11.9 Å². The zero-order valence-electron chi connectivity index (χ0n) is 14.6. The molecule has 2 aromatic rings. The quantitative estimate of drug-likeness (QED) is 0.808. The zero-order chi connectivity index (χ0) is 17.4. The van der Waals surface area contributed by atoms with Crippen LogP contribution in [-0.2, 0) is 20.0 Å². The van der Waals surface area contributed by atoms with Crippen molar-refractivity contribution in [2.75, 3.05) is 6.54 Å². The predicted molar refractivity (Wildman–Crippen MR) is 97.6 cm³/mol. The number of benzene rings is 1. The number of rotatable bonds is 3. The molecule has 3 nitrogen and oxygen atoms in total. The van der Waals surface area contributed by atoms with Gasteiger partial charge in [-0.05, 0) is 44.0 Å². The first kappa shape index (κ1) is 17.2. The van der Waals surface area contributed by atoms with E-state index in [-0.39, 0.29) is 5.83 Å². The monoisotopic (exact) mass is 347 g/mol. The van der Waals surface area contributed by atoms with Gasteiger partial charge >= 0.3 is 0 Å². The molecule has 3 rings (SSSR count). The van der Waals surface area contributed by atoms with Crippen LogP contribution in [0.2, 0.25) is 5.02 Å². The minimum absolute atomic E-state index is 0.326. The van der Waals surface area contributed by atoms with Gasteiger partial charge in [0.2, 0.25) is 0 Å². The van der Waals surface area contributed by atoms with Crippen molar-refractivity contribution in [3.63, 3.8) is 0 Å². The molecule has 24 heavy (non-hydrogen) atoms. The van der Waals surface area contributed by atoms with Crippen molar-refractivity contribution in [3.8, 4) is 0 Å². The lowest BCUT2D eigenvalue weighted by Gasteiger charge is -2.29. The first-order valence-corrected chi connectivity index (χ1v) is 8.67. The summed E-state index contributed by atoms with van der Waals surface area (Å²) in [6, 6.07) is 5.98. The fourth-order valence-electron chi connectivity index (χ4n) is 3.18. The number of hydrogen-bond acceptors (Lipinski definition) is 2. The van der Waals surface area contributed by atoms with Crippen LogP contribution >= 0.6 is 11.6 Å². The van der Waals surface area contributed by atoms with Gasteiger partial charge in [0.1, 0.15) is 0 Å². The van der Waals surface area contributed by atoms with Gasteiger partial charge in [-0.25, -0.2) is 9.37 Å². The van der Waals surface area contributed by atoms with Gasteiger partial charge < -0.3 is 4.57 Å². The van der Waals surface area contributed by atoms with Crippen molar-refractivity contribution in [1.29, 1.82) is 0 Å². The van der Waals surface area contributed by atoms with E-state index in [0.717, 1.165) is 42.0 Å². The van der Waals surface area contributed by atoms with Crippen molar-refractivity contribution in [2.45, 2.75) is 39.8 Å². The molecule has 0 N–H and O–H groups in total. The molecular weight excluding hydrogens is 325 g/mol. The summed E-state index contributed by atoms with van der Waals surface area (Å²) in [6.45, 7) is 8.02. The summed E-state index contributed by atoms with van der Waals surface area (Å²) in [5.74, 6) is 0.0679. The van der Waals surface area contributed by atoms with Gasteiger partial charge in [-0.15, -0.1) is 0 Å². The van der Waals surface area contributed by atoms with Crippen molar-refractivity contribution in [3.05, 3.63) is 51.6 Å². The Morgan fingerprint density at radius 1 is 1.38 bits per heavy atom. The second-order valence-electron chi connectivity index (χ2n) is 6.65. The van der Waals surface area contributed by atoms with Gasteiger partial charge in [0.05, 0.1) is 5.69 Å². The lowest BCUT2D eigenvalue weighted by Crippen LogP contribution is -2.36. The molecule has 128 valence electrons. The molecule has 0 saturated carbocycles. The maximum Gasteiger partial charge on any atom is 0.169 e. The maximum absolute atomic E-state index is 14.9. The molecule has 0 saturated heterocycles. The van der Waals surface area contributed by atoms with Crippen LogP contribution in [0.3, 0.4) is 0 Å². The molecule has 0 amide bonds. The average Bonchev–Trinajstić information content (AvgIpc) is 2.88. The Kier molecular flexibility index (Phi) is 4.79. The largest absolute Gasteiger partial charge is 0.329 e. The Morgan fingerprint density at radius 3 is 2.83 bits per heavy atom. The predicted octanol–water partition coefficient (Wildman–Crippen LogP) is 4.62. The summed E-state index contributed by atoms with van der Waals surface area (Å²) >= 11 is 6.12. The molecule has 0 unspecified atom stereocenters. The molecule has 5 heteroatoms. The Morgan fingerprint density at radius 2 is 2.12 bits per heavy atom. The Hall–Kier alpha value is -1.65. The number of aromatic nitrogens is 2. The molecule has 1 aliphatic rings. The summed E-state index contributed by atoms with van der Waals surface area (Å²) in [5, 5.41) is 0.642. The summed E-state index contributed by atoms with van der Waals surface area (Å²) in [4.78, 5) is 6.94. The standard InChI is InChI=1S/C19H23ClFN3/c1-12(2)24-9-8-18-17(11-24)22-19(23(18)4)16(21)10-14-6-5-7-15(20)13(14)3/h5-7,10,12H,8-9,11H2,1-4H3/b16-10-. The van der Waals surface area contributed by atoms with Gasteiger partial charge in [0, 0.05) is 43.3 Å². The Balaban J connectivity index is 1.96. The van der Waals surface area contributed by atoms with Crippen LogP contribution in [-0.4, -0.2) is 27.0 Å². The summed E-state index contributed by atoms with van der Waals surface area (Å²) < 4.78 is 16.7. The maximum atomic E-state index is 14.9. The molecule has 0 spiro atoms. The highest BCUT2D eigenvalue weighted by atomic mass is 35.5. The highest BCUT2D eigenvalue weighted by Gasteiger charge is 2.25. The van der Waals surface area contributed by atoms with E-state index in [2.05, 4.69) is 23.7 Å². The fourth-order valence-corrected chi connectivity index (χ4v) is 3.37. The van der Waals surface area contributed by atoms with Gasteiger partial charge in [0.15, 0.2) is 11.7 Å². The molecule has 0 aliphatic carbocycles. The van der Waals surface area contributed by atoms with Crippen LogP contribution in [0.1, 0.15) is 42.2 Å². The van der Waals surface area contributed by atoms with Crippen molar-refractivity contribution in [1.82, 2.24) is 14.5 Å². The Labute approximate surface area is 147 Å². The topological polar surface area (TPSA) is 21.1 Å². The number of halogens is 2. The molecular formula is C19H23ClFN3. The van der Waals surface area contributed by atoms with E-state index in [1.165, 1.54) is 6.08 Å². The molecule has 1 aromatic heterocycles. The normalized spacial score (nSPS) is 15.9. The summed E-state index contributed by atoms with van der Waals surface area (Å²) in [7, 11) is 1.89. The number of nitrogens with zero attached hydrogens (tertiary/aromatic N) is 3. The minimum atomic E-state index is -0.326. The van der Waals surface area contributed by atoms with Crippen molar-refractivity contribution in [2.24, 2.45) is 7.05 Å². The lowest BCUT2D eigenvalue weighted by atomic mass is 10.1. The van der Waals surface area contributed by atoms with E-state index < -0.39 is 0 Å². The van der Waals surface area contributed by atoms with E-state index in [0.29, 0.717) is 16.9 Å². The molecule has 0 atom stereocenters. The molecule has 1 aromatic carbocycles. The first-order valence-electron chi connectivity index (χ1n) is 8.29. The third-order valence-electron chi connectivity index (χ3n) is 4.82. The smallest absolute Gasteiger partial charge is 0.169 e. The van der Waals surface area contributed by atoms with Crippen molar-refractivity contribution >= 4 is 23.5 Å². The van der Waals surface area contributed by atoms with Gasteiger partial charge in [-0.3, -0.25) is 4.90 Å². The zero-order valence-corrected chi connectivity index (χ0v) is 15.4. The SMILES string of the molecule is Cc1c(Cl)cccc1/C=C(\F)c1nc2c(n1C)CCN(C(C)C)C2. The number of hydrogen-bond donors (Lipinski definition) is 0. The highest BCUT2D eigenvalue weighted by molar-refractivity contribution is 6.31. The fraction of sp³-hybridized carbons (Fsp3) is 0.421. The average molecular weight is 348 g/mol. The van der Waals surface area contributed by atoms with E-state index >= 15 is 0 Å². The summed E-state index contributed by atoms with van der Waals surface area (Å²) in [5.41, 5.74) is 3.77. The van der Waals surface area contributed by atoms with Crippen LogP contribution in [0.15, 0.2) is 18.2 Å². The van der Waals surface area contributed by atoms with Crippen LogP contribution in [0, 0.1) is 6.92 Å². The van der Waals surface area contributed by atoms with Crippen LogP contribution in [0.5, 0.6) is 0 Å². The van der Waals surface area contributed by atoms with Gasteiger partial charge in [0.25, 0.3) is 0 Å².